The van der Waals surface area contributed by atoms with Gasteiger partial charge < -0.3 is 10.3 Å². The molecule has 3 rings (SSSR count). The summed E-state index contributed by atoms with van der Waals surface area (Å²) in [4.78, 5) is 15.3. The monoisotopic (exact) mass is 282 g/mol. The van der Waals surface area contributed by atoms with Gasteiger partial charge in [0.15, 0.2) is 0 Å². The Morgan fingerprint density at radius 1 is 1.14 bits per heavy atom. The number of carbonyl (C=O) groups excluding carboxylic acids is 1. The van der Waals surface area contributed by atoms with Crippen LogP contribution in [0.5, 0.6) is 0 Å². The van der Waals surface area contributed by atoms with Gasteiger partial charge in [0.1, 0.15) is 11.5 Å². The average Bonchev–Trinajstić information content (AvgIpc) is 2.91. The maximum Gasteiger partial charge on any atom is 0.268 e. The van der Waals surface area contributed by atoms with Crippen molar-refractivity contribution in [3.8, 4) is 0 Å². The van der Waals surface area contributed by atoms with Crippen LogP contribution in [0.3, 0.4) is 0 Å². The SMILES string of the molecule is CC(NC(=O)c1cc2ccccc2[nH]1)c1ccccc1F. The first kappa shape index (κ1) is 13.4. The van der Waals surface area contributed by atoms with Crippen molar-refractivity contribution in [3.63, 3.8) is 0 Å². The van der Waals surface area contributed by atoms with Gasteiger partial charge in [-0.05, 0) is 25.1 Å². The minimum absolute atomic E-state index is 0.248. The number of aromatic nitrogens is 1. The molecule has 0 saturated heterocycles. The highest BCUT2D eigenvalue weighted by molar-refractivity contribution is 5.98. The second-order valence-corrected chi connectivity index (χ2v) is 4.99. The molecule has 0 radical (unpaired) electrons. The molecule has 4 heteroatoms. The van der Waals surface area contributed by atoms with Crippen molar-refractivity contribution < 1.29 is 9.18 Å². The Morgan fingerprint density at radius 2 is 1.86 bits per heavy atom. The van der Waals surface area contributed by atoms with Crippen LogP contribution in [-0.2, 0) is 0 Å². The lowest BCUT2D eigenvalue weighted by molar-refractivity contribution is 0.0935. The number of carbonyl (C=O) groups is 1. The summed E-state index contributed by atoms with van der Waals surface area (Å²) >= 11 is 0. The van der Waals surface area contributed by atoms with Crippen LogP contribution < -0.4 is 5.32 Å². The molecule has 3 nitrogen and oxygen atoms in total. The second kappa shape index (κ2) is 5.40. The summed E-state index contributed by atoms with van der Waals surface area (Å²) in [5.41, 5.74) is 1.85. The topological polar surface area (TPSA) is 44.9 Å². The Balaban J connectivity index is 1.81. The number of hydrogen-bond donors (Lipinski definition) is 2. The molecule has 0 aliphatic rings. The van der Waals surface area contributed by atoms with E-state index < -0.39 is 6.04 Å². The summed E-state index contributed by atoms with van der Waals surface area (Å²) in [6, 6.07) is 15.5. The van der Waals surface area contributed by atoms with E-state index >= 15 is 0 Å². The fourth-order valence-corrected chi connectivity index (χ4v) is 2.37. The van der Waals surface area contributed by atoms with Gasteiger partial charge in [0.25, 0.3) is 5.91 Å². The summed E-state index contributed by atoms with van der Waals surface area (Å²) in [5, 5.41) is 3.78. The third kappa shape index (κ3) is 2.65. The van der Waals surface area contributed by atoms with E-state index in [9.17, 15) is 9.18 Å². The molecule has 2 N–H and O–H groups in total. The summed E-state index contributed by atoms with van der Waals surface area (Å²) in [7, 11) is 0. The number of halogens is 1. The minimum atomic E-state index is -0.398. The third-order valence-electron chi connectivity index (χ3n) is 3.49. The Morgan fingerprint density at radius 3 is 2.62 bits per heavy atom. The van der Waals surface area contributed by atoms with Gasteiger partial charge in [0.05, 0.1) is 6.04 Å². The van der Waals surface area contributed by atoms with Gasteiger partial charge in [-0.2, -0.15) is 0 Å². The molecule has 0 spiro atoms. The average molecular weight is 282 g/mol. The lowest BCUT2D eigenvalue weighted by Crippen LogP contribution is -2.27. The van der Waals surface area contributed by atoms with Crippen LogP contribution in [0.4, 0.5) is 4.39 Å². The van der Waals surface area contributed by atoms with Crippen LogP contribution in [0.15, 0.2) is 54.6 Å². The summed E-state index contributed by atoms with van der Waals surface area (Å²) in [6.07, 6.45) is 0. The number of nitrogens with one attached hydrogen (secondary N) is 2. The Bertz CT molecular complexity index is 761. The molecule has 21 heavy (non-hydrogen) atoms. The molecule has 0 fully saturated rings. The molecule has 1 aromatic heterocycles. The molecule has 0 aliphatic heterocycles. The van der Waals surface area contributed by atoms with Crippen molar-refractivity contribution in [2.45, 2.75) is 13.0 Å². The summed E-state index contributed by atoms with van der Waals surface area (Å²) in [5.74, 6) is -0.566. The highest BCUT2D eigenvalue weighted by atomic mass is 19.1. The van der Waals surface area contributed by atoms with Gasteiger partial charge in [-0.1, -0.05) is 36.4 Å². The van der Waals surface area contributed by atoms with E-state index in [2.05, 4.69) is 10.3 Å². The van der Waals surface area contributed by atoms with Crippen LogP contribution in [-0.4, -0.2) is 10.9 Å². The molecule has 106 valence electrons. The van der Waals surface area contributed by atoms with Gasteiger partial charge in [-0.3, -0.25) is 4.79 Å². The molecule has 0 saturated carbocycles. The van der Waals surface area contributed by atoms with Crippen molar-refractivity contribution in [3.05, 3.63) is 71.7 Å². The van der Waals surface area contributed by atoms with Crippen LogP contribution >= 0.6 is 0 Å². The van der Waals surface area contributed by atoms with Crippen molar-refractivity contribution in [2.75, 3.05) is 0 Å². The second-order valence-electron chi connectivity index (χ2n) is 4.99. The van der Waals surface area contributed by atoms with E-state index in [4.69, 9.17) is 0 Å². The summed E-state index contributed by atoms with van der Waals surface area (Å²) in [6.45, 7) is 1.76. The van der Waals surface area contributed by atoms with Gasteiger partial charge >= 0.3 is 0 Å². The van der Waals surface area contributed by atoms with E-state index in [0.717, 1.165) is 10.9 Å². The predicted octanol–water partition coefficient (Wildman–Crippen LogP) is 3.80. The highest BCUT2D eigenvalue weighted by Crippen LogP contribution is 2.18. The van der Waals surface area contributed by atoms with Crippen LogP contribution in [0.2, 0.25) is 0 Å². The molecule has 1 atom stereocenters. The van der Waals surface area contributed by atoms with Gasteiger partial charge in [-0.25, -0.2) is 4.39 Å². The number of H-pyrrole nitrogens is 1. The number of amides is 1. The van der Waals surface area contributed by atoms with Crippen LogP contribution in [0.25, 0.3) is 10.9 Å². The molecular formula is C17H15FN2O. The smallest absolute Gasteiger partial charge is 0.268 e. The lowest BCUT2D eigenvalue weighted by atomic mass is 10.1. The predicted molar refractivity (Wildman–Crippen MR) is 80.6 cm³/mol. The van der Waals surface area contributed by atoms with E-state index in [0.29, 0.717) is 11.3 Å². The fourth-order valence-electron chi connectivity index (χ4n) is 2.37. The zero-order valence-electron chi connectivity index (χ0n) is 11.6. The Hall–Kier alpha value is -2.62. The Labute approximate surface area is 121 Å². The number of benzene rings is 2. The first-order valence-corrected chi connectivity index (χ1v) is 6.78. The van der Waals surface area contributed by atoms with Crippen molar-refractivity contribution in [2.24, 2.45) is 0 Å². The Kier molecular flexibility index (Phi) is 3.44. The molecule has 0 bridgehead atoms. The molecule has 2 aromatic carbocycles. The molecule has 1 unspecified atom stereocenters. The van der Waals surface area contributed by atoms with Crippen LogP contribution in [0, 0.1) is 5.82 Å². The zero-order chi connectivity index (χ0) is 14.8. The molecular weight excluding hydrogens is 267 g/mol. The first-order valence-electron chi connectivity index (χ1n) is 6.78. The molecule has 1 heterocycles. The van der Waals surface area contributed by atoms with Crippen molar-refractivity contribution in [1.29, 1.82) is 0 Å². The normalized spacial score (nSPS) is 12.3. The van der Waals surface area contributed by atoms with Crippen molar-refractivity contribution >= 4 is 16.8 Å². The lowest BCUT2D eigenvalue weighted by Gasteiger charge is -2.14. The molecule has 1 amide bonds. The van der Waals surface area contributed by atoms with E-state index in [1.807, 2.05) is 24.3 Å². The van der Waals surface area contributed by atoms with E-state index in [1.54, 1.807) is 31.2 Å². The number of para-hydroxylation sites is 1. The number of hydrogen-bond acceptors (Lipinski definition) is 1. The standard InChI is InChI=1S/C17H15FN2O/c1-11(13-7-3-4-8-14(13)18)19-17(21)16-10-12-6-2-5-9-15(12)20-16/h2-11,20H,1H3,(H,19,21). The maximum atomic E-state index is 13.7. The largest absolute Gasteiger partial charge is 0.351 e. The van der Waals surface area contributed by atoms with Crippen molar-refractivity contribution in [1.82, 2.24) is 10.3 Å². The zero-order valence-corrected chi connectivity index (χ0v) is 11.6. The first-order chi connectivity index (χ1) is 10.1. The van der Waals surface area contributed by atoms with Gasteiger partial charge in [0, 0.05) is 16.5 Å². The molecule has 0 aliphatic carbocycles. The maximum absolute atomic E-state index is 13.7. The highest BCUT2D eigenvalue weighted by Gasteiger charge is 2.15. The number of aromatic amines is 1. The third-order valence-corrected chi connectivity index (χ3v) is 3.49. The van der Waals surface area contributed by atoms with E-state index in [1.165, 1.54) is 6.07 Å². The fraction of sp³-hybridized carbons (Fsp3) is 0.118. The minimum Gasteiger partial charge on any atom is -0.351 e. The van der Waals surface area contributed by atoms with E-state index in [-0.39, 0.29) is 11.7 Å². The van der Waals surface area contributed by atoms with Gasteiger partial charge in [-0.15, -0.1) is 0 Å². The summed E-state index contributed by atoms with van der Waals surface area (Å²) < 4.78 is 13.7. The number of rotatable bonds is 3. The van der Waals surface area contributed by atoms with Crippen LogP contribution in [0.1, 0.15) is 29.0 Å². The molecule has 3 aromatic rings. The number of fused-ring (bicyclic) bond motifs is 1. The van der Waals surface area contributed by atoms with Gasteiger partial charge in [0.2, 0.25) is 0 Å². The quantitative estimate of drug-likeness (QED) is 0.754.